The Morgan fingerprint density at radius 3 is 2.58 bits per heavy atom. The van der Waals surface area contributed by atoms with Gasteiger partial charge in [0.2, 0.25) is 0 Å². The van der Waals surface area contributed by atoms with Gasteiger partial charge in [-0.1, -0.05) is 18.2 Å². The molecule has 5 heteroatoms. The molecule has 2 rings (SSSR count). The number of para-hydroxylation sites is 1. The van der Waals surface area contributed by atoms with Crippen molar-refractivity contribution in [1.29, 1.82) is 0 Å². The average Bonchev–Trinajstić information content (AvgIpc) is 2.56. The van der Waals surface area contributed by atoms with Crippen molar-refractivity contribution in [2.75, 3.05) is 6.61 Å². The molecule has 0 N–H and O–H groups in total. The second kappa shape index (κ2) is 8.72. The van der Waals surface area contributed by atoms with Gasteiger partial charge in [0.05, 0.1) is 25.1 Å². The van der Waals surface area contributed by atoms with Crippen LogP contribution in [0, 0.1) is 0 Å². The predicted octanol–water partition coefficient (Wildman–Crippen LogP) is 3.55. The first-order chi connectivity index (χ1) is 11.6. The van der Waals surface area contributed by atoms with Crippen LogP contribution >= 0.6 is 0 Å². The topological polar surface area (TPSA) is 68.6 Å². The van der Waals surface area contributed by atoms with Gasteiger partial charge in [-0.3, -0.25) is 19.6 Å². The summed E-state index contributed by atoms with van der Waals surface area (Å²) < 4.78 is 4.91. The highest BCUT2D eigenvalue weighted by Gasteiger charge is 2.13. The number of hydrogen-bond acceptors (Lipinski definition) is 5. The number of esters is 1. The van der Waals surface area contributed by atoms with Gasteiger partial charge < -0.3 is 4.74 Å². The van der Waals surface area contributed by atoms with Crippen LogP contribution in [0.2, 0.25) is 0 Å². The third kappa shape index (κ3) is 5.12. The number of pyridine rings is 1. The van der Waals surface area contributed by atoms with Crippen molar-refractivity contribution in [3.8, 4) is 0 Å². The minimum Gasteiger partial charge on any atom is -0.466 e. The highest BCUT2D eigenvalue weighted by Crippen LogP contribution is 2.21. The number of rotatable bonds is 7. The molecule has 0 amide bonds. The highest BCUT2D eigenvalue weighted by molar-refractivity contribution is 6.04. The van der Waals surface area contributed by atoms with Crippen molar-refractivity contribution < 1.29 is 14.3 Å². The summed E-state index contributed by atoms with van der Waals surface area (Å²) in [7, 11) is 0. The van der Waals surface area contributed by atoms with E-state index < -0.39 is 0 Å². The lowest BCUT2D eigenvalue weighted by Gasteiger charge is -2.06. The van der Waals surface area contributed by atoms with E-state index in [0.717, 1.165) is 0 Å². The third-order valence-corrected chi connectivity index (χ3v) is 3.29. The maximum Gasteiger partial charge on any atom is 0.311 e. The van der Waals surface area contributed by atoms with E-state index in [9.17, 15) is 9.59 Å². The Labute approximate surface area is 141 Å². The lowest BCUT2D eigenvalue weighted by molar-refractivity contribution is -0.141. The SMILES string of the molecule is CCOC(=O)CC(C)=Nc1ccccc1C(=O)Cc1ccccn1. The van der Waals surface area contributed by atoms with Crippen molar-refractivity contribution >= 4 is 23.2 Å². The van der Waals surface area contributed by atoms with E-state index in [2.05, 4.69) is 9.98 Å². The molecule has 0 radical (unpaired) electrons. The second-order valence-corrected chi connectivity index (χ2v) is 5.27. The monoisotopic (exact) mass is 324 g/mol. The molecule has 0 spiro atoms. The molecule has 0 saturated carbocycles. The molecule has 2 aromatic rings. The molecule has 0 bridgehead atoms. The summed E-state index contributed by atoms with van der Waals surface area (Å²) in [5.74, 6) is -0.381. The molecule has 5 nitrogen and oxygen atoms in total. The second-order valence-electron chi connectivity index (χ2n) is 5.27. The normalized spacial score (nSPS) is 11.2. The summed E-state index contributed by atoms with van der Waals surface area (Å²) in [6, 6.07) is 12.6. The zero-order valence-corrected chi connectivity index (χ0v) is 13.9. The Balaban J connectivity index is 2.17. The number of Topliss-reactive ketones (excluding diaryl/α,β-unsaturated/α-hetero) is 1. The molecule has 24 heavy (non-hydrogen) atoms. The summed E-state index contributed by atoms with van der Waals surface area (Å²) in [5.41, 5.74) is 2.39. The summed E-state index contributed by atoms with van der Waals surface area (Å²) in [6.07, 6.45) is 1.98. The van der Waals surface area contributed by atoms with Crippen molar-refractivity contribution in [3.63, 3.8) is 0 Å². The quantitative estimate of drug-likeness (QED) is 0.444. The van der Waals surface area contributed by atoms with Crippen LogP contribution in [-0.2, 0) is 16.0 Å². The van der Waals surface area contributed by atoms with Crippen LogP contribution < -0.4 is 0 Å². The zero-order chi connectivity index (χ0) is 17.4. The molecule has 0 fully saturated rings. The van der Waals surface area contributed by atoms with Crippen LogP contribution in [0.25, 0.3) is 0 Å². The fraction of sp³-hybridized carbons (Fsp3) is 0.263. The molecular weight excluding hydrogens is 304 g/mol. The largest absolute Gasteiger partial charge is 0.466 e. The standard InChI is InChI=1S/C19H20N2O3/c1-3-24-19(23)12-14(2)21-17-10-5-4-9-16(17)18(22)13-15-8-6-7-11-20-15/h4-11H,3,12-13H2,1-2H3. The van der Waals surface area contributed by atoms with Gasteiger partial charge in [-0.2, -0.15) is 0 Å². The van der Waals surface area contributed by atoms with Crippen LogP contribution in [0.4, 0.5) is 5.69 Å². The number of ketones is 1. The number of nitrogens with zero attached hydrogens (tertiary/aromatic N) is 2. The minimum absolute atomic E-state index is 0.0583. The number of carbonyl (C=O) groups is 2. The number of hydrogen-bond donors (Lipinski definition) is 0. The van der Waals surface area contributed by atoms with E-state index in [1.807, 2.05) is 24.3 Å². The van der Waals surface area contributed by atoms with Crippen LogP contribution in [0.15, 0.2) is 53.7 Å². The van der Waals surface area contributed by atoms with Crippen molar-refractivity contribution in [2.24, 2.45) is 4.99 Å². The van der Waals surface area contributed by atoms with E-state index in [0.29, 0.717) is 29.3 Å². The Hall–Kier alpha value is -2.82. The van der Waals surface area contributed by atoms with Gasteiger partial charge in [-0.25, -0.2) is 0 Å². The smallest absolute Gasteiger partial charge is 0.311 e. The maximum absolute atomic E-state index is 12.5. The predicted molar refractivity (Wildman–Crippen MR) is 92.7 cm³/mol. The van der Waals surface area contributed by atoms with E-state index in [1.54, 1.807) is 38.2 Å². The third-order valence-electron chi connectivity index (χ3n) is 3.29. The summed E-state index contributed by atoms with van der Waals surface area (Å²) in [4.78, 5) is 32.7. The molecule has 0 saturated heterocycles. The number of ether oxygens (including phenoxy) is 1. The molecule has 1 heterocycles. The van der Waals surface area contributed by atoms with Crippen molar-refractivity contribution in [3.05, 3.63) is 59.9 Å². The molecule has 0 aliphatic rings. The van der Waals surface area contributed by atoms with E-state index >= 15 is 0 Å². The lowest BCUT2D eigenvalue weighted by atomic mass is 10.0. The molecule has 124 valence electrons. The zero-order valence-electron chi connectivity index (χ0n) is 13.9. The van der Waals surface area contributed by atoms with E-state index in [4.69, 9.17) is 4.74 Å². The van der Waals surface area contributed by atoms with Gasteiger partial charge in [0.15, 0.2) is 5.78 Å². The van der Waals surface area contributed by atoms with Crippen LogP contribution in [0.5, 0.6) is 0 Å². The molecule has 1 aromatic heterocycles. The molecule has 0 aliphatic carbocycles. The molecule has 0 unspecified atom stereocenters. The van der Waals surface area contributed by atoms with Crippen molar-refractivity contribution in [1.82, 2.24) is 4.98 Å². The van der Waals surface area contributed by atoms with E-state index in [1.165, 1.54) is 0 Å². The molecular formula is C19H20N2O3. The number of aromatic nitrogens is 1. The first-order valence-corrected chi connectivity index (χ1v) is 7.82. The van der Waals surface area contributed by atoms with Gasteiger partial charge in [-0.05, 0) is 38.1 Å². The minimum atomic E-state index is -0.323. The fourth-order valence-electron chi connectivity index (χ4n) is 2.24. The van der Waals surface area contributed by atoms with Gasteiger partial charge >= 0.3 is 5.97 Å². The molecule has 0 aliphatic heterocycles. The Bertz CT molecular complexity index is 739. The molecule has 1 aromatic carbocycles. The van der Waals surface area contributed by atoms with Gasteiger partial charge in [0, 0.05) is 23.2 Å². The van der Waals surface area contributed by atoms with Crippen LogP contribution in [0.3, 0.4) is 0 Å². The van der Waals surface area contributed by atoms with E-state index in [-0.39, 0.29) is 24.6 Å². The average molecular weight is 324 g/mol. The Morgan fingerprint density at radius 1 is 1.12 bits per heavy atom. The number of benzene rings is 1. The van der Waals surface area contributed by atoms with Gasteiger partial charge in [0.1, 0.15) is 0 Å². The summed E-state index contributed by atoms with van der Waals surface area (Å²) in [5, 5.41) is 0. The fourth-order valence-corrected chi connectivity index (χ4v) is 2.24. The summed E-state index contributed by atoms with van der Waals surface area (Å²) in [6.45, 7) is 3.85. The van der Waals surface area contributed by atoms with Gasteiger partial charge in [0.25, 0.3) is 0 Å². The first-order valence-electron chi connectivity index (χ1n) is 7.82. The Morgan fingerprint density at radius 2 is 1.88 bits per heavy atom. The van der Waals surface area contributed by atoms with Gasteiger partial charge in [-0.15, -0.1) is 0 Å². The lowest BCUT2D eigenvalue weighted by Crippen LogP contribution is -2.09. The Kier molecular flexibility index (Phi) is 6.37. The maximum atomic E-state index is 12.5. The first kappa shape index (κ1) is 17.5. The molecule has 0 atom stereocenters. The van der Waals surface area contributed by atoms with Crippen LogP contribution in [0.1, 0.15) is 36.3 Å². The van der Waals surface area contributed by atoms with Crippen molar-refractivity contribution in [2.45, 2.75) is 26.7 Å². The number of carbonyl (C=O) groups excluding carboxylic acids is 2. The highest BCUT2D eigenvalue weighted by atomic mass is 16.5. The number of aliphatic imine (C=N–C) groups is 1. The van der Waals surface area contributed by atoms with Crippen LogP contribution in [-0.4, -0.2) is 29.1 Å². The summed E-state index contributed by atoms with van der Waals surface area (Å²) >= 11 is 0.